The molecule has 1 aromatic heterocycles. The standard InChI is InChI=1S/C18H23N3O3S/c1-3-21(12-17(22)19-11-16-8-5-9-25-16)13-18(23)20-14-6-4-7-15(10-14)24-2/h4-10H,3,11-13H2,1-2H3,(H,19,22)(H,20,23). The fraction of sp³-hybridized carbons (Fsp3) is 0.333. The summed E-state index contributed by atoms with van der Waals surface area (Å²) < 4.78 is 5.14. The lowest BCUT2D eigenvalue weighted by atomic mass is 10.3. The third kappa shape index (κ3) is 6.56. The van der Waals surface area contributed by atoms with Crippen molar-refractivity contribution in [1.29, 1.82) is 0 Å². The Morgan fingerprint density at radius 1 is 1.16 bits per heavy atom. The summed E-state index contributed by atoms with van der Waals surface area (Å²) in [5.41, 5.74) is 0.669. The van der Waals surface area contributed by atoms with Gasteiger partial charge in [-0.25, -0.2) is 0 Å². The van der Waals surface area contributed by atoms with E-state index in [1.54, 1.807) is 35.5 Å². The number of benzene rings is 1. The zero-order valence-electron chi connectivity index (χ0n) is 14.5. The minimum atomic E-state index is -0.166. The Labute approximate surface area is 151 Å². The van der Waals surface area contributed by atoms with Crippen LogP contribution in [-0.4, -0.2) is 43.5 Å². The van der Waals surface area contributed by atoms with Crippen LogP contribution in [0.1, 0.15) is 11.8 Å². The van der Waals surface area contributed by atoms with E-state index in [4.69, 9.17) is 4.74 Å². The minimum absolute atomic E-state index is 0.0931. The first-order chi connectivity index (χ1) is 12.1. The molecule has 7 heteroatoms. The van der Waals surface area contributed by atoms with Crippen LogP contribution in [0.4, 0.5) is 5.69 Å². The number of ether oxygens (including phenoxy) is 1. The molecular formula is C18H23N3O3S. The van der Waals surface area contributed by atoms with Crippen molar-refractivity contribution in [2.24, 2.45) is 0 Å². The van der Waals surface area contributed by atoms with E-state index in [1.807, 2.05) is 36.6 Å². The van der Waals surface area contributed by atoms with Crippen molar-refractivity contribution < 1.29 is 14.3 Å². The van der Waals surface area contributed by atoms with E-state index in [0.29, 0.717) is 24.5 Å². The number of rotatable bonds is 9. The Kier molecular flexibility index (Phi) is 7.43. The van der Waals surface area contributed by atoms with E-state index in [2.05, 4.69) is 10.6 Å². The lowest BCUT2D eigenvalue weighted by molar-refractivity contribution is -0.123. The molecule has 0 aliphatic heterocycles. The van der Waals surface area contributed by atoms with Crippen LogP contribution in [-0.2, 0) is 16.1 Å². The molecule has 0 radical (unpaired) electrons. The summed E-state index contributed by atoms with van der Waals surface area (Å²) in [5, 5.41) is 7.66. The number of amides is 2. The quantitative estimate of drug-likeness (QED) is 0.719. The SMILES string of the molecule is CCN(CC(=O)NCc1cccs1)CC(=O)Nc1cccc(OC)c1. The number of hydrogen-bond donors (Lipinski definition) is 2. The first kappa shape index (κ1) is 19.0. The minimum Gasteiger partial charge on any atom is -0.497 e. The van der Waals surface area contributed by atoms with Crippen molar-refractivity contribution in [1.82, 2.24) is 10.2 Å². The summed E-state index contributed by atoms with van der Waals surface area (Å²) in [6.45, 7) is 3.39. The maximum absolute atomic E-state index is 12.2. The first-order valence-corrected chi connectivity index (χ1v) is 8.94. The number of carbonyl (C=O) groups is 2. The summed E-state index contributed by atoms with van der Waals surface area (Å²) in [6, 6.07) is 11.1. The highest BCUT2D eigenvalue weighted by molar-refractivity contribution is 7.09. The predicted molar refractivity (Wildman–Crippen MR) is 99.9 cm³/mol. The average Bonchev–Trinajstić information content (AvgIpc) is 3.13. The topological polar surface area (TPSA) is 70.7 Å². The van der Waals surface area contributed by atoms with Crippen molar-refractivity contribution in [2.45, 2.75) is 13.5 Å². The number of thiophene rings is 1. The maximum Gasteiger partial charge on any atom is 0.238 e. The molecule has 0 saturated carbocycles. The van der Waals surface area contributed by atoms with Gasteiger partial charge < -0.3 is 15.4 Å². The summed E-state index contributed by atoms with van der Waals surface area (Å²) in [7, 11) is 1.58. The number of likely N-dealkylation sites (N-methyl/N-ethyl adjacent to an activating group) is 1. The van der Waals surface area contributed by atoms with E-state index in [-0.39, 0.29) is 24.9 Å². The van der Waals surface area contributed by atoms with E-state index >= 15 is 0 Å². The number of methoxy groups -OCH3 is 1. The second-order valence-electron chi connectivity index (χ2n) is 5.44. The summed E-state index contributed by atoms with van der Waals surface area (Å²) in [6.07, 6.45) is 0. The number of nitrogens with one attached hydrogen (secondary N) is 2. The molecule has 0 atom stereocenters. The van der Waals surface area contributed by atoms with E-state index < -0.39 is 0 Å². The molecular weight excluding hydrogens is 338 g/mol. The van der Waals surface area contributed by atoms with Crippen molar-refractivity contribution >= 4 is 28.8 Å². The molecule has 0 bridgehead atoms. The van der Waals surface area contributed by atoms with Gasteiger partial charge in [-0.3, -0.25) is 14.5 Å². The van der Waals surface area contributed by atoms with Crippen molar-refractivity contribution in [3.8, 4) is 5.75 Å². The van der Waals surface area contributed by atoms with Crippen molar-refractivity contribution in [3.05, 3.63) is 46.7 Å². The van der Waals surface area contributed by atoms with Gasteiger partial charge in [-0.05, 0) is 30.1 Å². The monoisotopic (exact) mass is 361 g/mol. The number of anilines is 1. The van der Waals surface area contributed by atoms with E-state index in [9.17, 15) is 9.59 Å². The molecule has 2 aromatic rings. The van der Waals surface area contributed by atoms with Gasteiger partial charge in [0, 0.05) is 16.6 Å². The zero-order valence-corrected chi connectivity index (χ0v) is 15.3. The van der Waals surface area contributed by atoms with Crippen LogP contribution in [0.2, 0.25) is 0 Å². The molecule has 2 amide bonds. The third-order valence-electron chi connectivity index (χ3n) is 3.58. The Balaban J connectivity index is 1.79. The summed E-state index contributed by atoms with van der Waals surface area (Å²) >= 11 is 1.60. The molecule has 0 unspecified atom stereocenters. The molecule has 0 saturated heterocycles. The number of carbonyl (C=O) groups excluding carboxylic acids is 2. The predicted octanol–water partition coefficient (Wildman–Crippen LogP) is 2.33. The molecule has 1 aromatic carbocycles. The van der Waals surface area contributed by atoms with Crippen molar-refractivity contribution in [3.63, 3.8) is 0 Å². The molecule has 0 spiro atoms. The second-order valence-corrected chi connectivity index (χ2v) is 6.47. The van der Waals surface area contributed by atoms with Gasteiger partial charge in [0.2, 0.25) is 11.8 Å². The highest BCUT2D eigenvalue weighted by Gasteiger charge is 2.13. The summed E-state index contributed by atoms with van der Waals surface area (Å²) in [5.74, 6) is 0.420. The average molecular weight is 361 g/mol. The van der Waals surface area contributed by atoms with Gasteiger partial charge in [0.05, 0.1) is 26.7 Å². The molecule has 6 nitrogen and oxygen atoms in total. The normalized spacial score (nSPS) is 10.5. The molecule has 1 heterocycles. The van der Waals surface area contributed by atoms with Gasteiger partial charge in [-0.15, -0.1) is 11.3 Å². The van der Waals surface area contributed by atoms with Crippen LogP contribution in [0.5, 0.6) is 5.75 Å². The molecule has 0 fully saturated rings. The summed E-state index contributed by atoms with van der Waals surface area (Å²) in [4.78, 5) is 27.1. The van der Waals surface area contributed by atoms with Gasteiger partial charge in [0.15, 0.2) is 0 Å². The van der Waals surface area contributed by atoms with Crippen LogP contribution >= 0.6 is 11.3 Å². The van der Waals surface area contributed by atoms with Crippen LogP contribution < -0.4 is 15.4 Å². The fourth-order valence-electron chi connectivity index (χ4n) is 2.24. The molecule has 25 heavy (non-hydrogen) atoms. The van der Waals surface area contributed by atoms with Crippen molar-refractivity contribution in [2.75, 3.05) is 32.1 Å². The van der Waals surface area contributed by atoms with Crippen LogP contribution in [0.25, 0.3) is 0 Å². The van der Waals surface area contributed by atoms with Gasteiger partial charge in [-0.1, -0.05) is 19.1 Å². The number of hydrogen-bond acceptors (Lipinski definition) is 5. The van der Waals surface area contributed by atoms with Gasteiger partial charge in [0.25, 0.3) is 0 Å². The van der Waals surface area contributed by atoms with Gasteiger partial charge in [0.1, 0.15) is 5.75 Å². The molecule has 134 valence electrons. The van der Waals surface area contributed by atoms with Gasteiger partial charge in [-0.2, -0.15) is 0 Å². The Bertz CT molecular complexity index is 689. The Hall–Kier alpha value is -2.38. The van der Waals surface area contributed by atoms with Gasteiger partial charge >= 0.3 is 0 Å². The zero-order chi connectivity index (χ0) is 18.1. The molecule has 2 N–H and O–H groups in total. The van der Waals surface area contributed by atoms with E-state index in [0.717, 1.165) is 4.88 Å². The molecule has 2 rings (SSSR count). The van der Waals surface area contributed by atoms with Crippen LogP contribution in [0, 0.1) is 0 Å². The second kappa shape index (κ2) is 9.80. The molecule has 0 aliphatic carbocycles. The highest BCUT2D eigenvalue weighted by atomic mass is 32.1. The highest BCUT2D eigenvalue weighted by Crippen LogP contribution is 2.16. The van der Waals surface area contributed by atoms with Crippen LogP contribution in [0.15, 0.2) is 41.8 Å². The Morgan fingerprint density at radius 3 is 2.64 bits per heavy atom. The fourth-order valence-corrected chi connectivity index (χ4v) is 2.89. The Morgan fingerprint density at radius 2 is 1.96 bits per heavy atom. The largest absolute Gasteiger partial charge is 0.497 e. The smallest absolute Gasteiger partial charge is 0.238 e. The first-order valence-electron chi connectivity index (χ1n) is 8.06. The lowest BCUT2D eigenvalue weighted by Gasteiger charge is -2.19. The maximum atomic E-state index is 12.2. The third-order valence-corrected chi connectivity index (χ3v) is 4.45. The number of nitrogens with zero attached hydrogens (tertiary/aromatic N) is 1. The van der Waals surface area contributed by atoms with E-state index in [1.165, 1.54) is 0 Å². The van der Waals surface area contributed by atoms with Crippen LogP contribution in [0.3, 0.4) is 0 Å². The lowest BCUT2D eigenvalue weighted by Crippen LogP contribution is -2.40. The molecule has 0 aliphatic rings.